The third kappa shape index (κ3) is 2.66. The molecular weight excluding hydrogens is 184 g/mol. The molecule has 0 radical (unpaired) electrons. The first kappa shape index (κ1) is 10.4. The predicted octanol–water partition coefficient (Wildman–Crippen LogP) is -0.197. The van der Waals surface area contributed by atoms with E-state index in [1.807, 2.05) is 0 Å². The molecule has 4 heteroatoms. The fourth-order valence-corrected chi connectivity index (χ4v) is 0.831. The molecule has 1 atom stereocenters. The number of phenolic OH excluding ortho intramolecular Hbond substituents is 2. The third-order valence-corrected chi connectivity index (χ3v) is 1.53. The van der Waals surface area contributed by atoms with Gasteiger partial charge in [0, 0.05) is 0 Å². The SMILES string of the molecule is OC[C@@H](O)C#Cc1cc(O)ccc1O. The van der Waals surface area contributed by atoms with Crippen molar-refractivity contribution in [3.05, 3.63) is 23.8 Å². The van der Waals surface area contributed by atoms with Crippen molar-refractivity contribution in [3.8, 4) is 23.3 Å². The molecule has 1 aromatic rings. The molecule has 14 heavy (non-hydrogen) atoms. The number of aromatic hydroxyl groups is 2. The number of rotatable bonds is 1. The van der Waals surface area contributed by atoms with Gasteiger partial charge in [-0.1, -0.05) is 11.8 Å². The third-order valence-electron chi connectivity index (χ3n) is 1.53. The largest absolute Gasteiger partial charge is 0.508 e. The molecule has 1 rings (SSSR count). The first-order chi connectivity index (χ1) is 6.63. The Morgan fingerprint density at radius 2 is 2.00 bits per heavy atom. The predicted molar refractivity (Wildman–Crippen MR) is 49.7 cm³/mol. The minimum atomic E-state index is -1.14. The number of aliphatic hydroxyl groups excluding tert-OH is 2. The monoisotopic (exact) mass is 194 g/mol. The summed E-state index contributed by atoms with van der Waals surface area (Å²) in [6.07, 6.45) is -1.14. The van der Waals surface area contributed by atoms with E-state index < -0.39 is 12.7 Å². The maximum Gasteiger partial charge on any atom is 0.138 e. The summed E-state index contributed by atoms with van der Waals surface area (Å²) < 4.78 is 0. The van der Waals surface area contributed by atoms with E-state index in [2.05, 4.69) is 11.8 Å². The van der Waals surface area contributed by atoms with Crippen molar-refractivity contribution >= 4 is 0 Å². The van der Waals surface area contributed by atoms with Gasteiger partial charge in [0.25, 0.3) is 0 Å². The van der Waals surface area contributed by atoms with Crippen molar-refractivity contribution in [3.63, 3.8) is 0 Å². The van der Waals surface area contributed by atoms with E-state index in [0.29, 0.717) is 0 Å². The van der Waals surface area contributed by atoms with Gasteiger partial charge in [-0.05, 0) is 18.2 Å². The van der Waals surface area contributed by atoms with E-state index >= 15 is 0 Å². The summed E-state index contributed by atoms with van der Waals surface area (Å²) in [6.45, 7) is -0.466. The zero-order valence-electron chi connectivity index (χ0n) is 7.31. The highest BCUT2D eigenvalue weighted by molar-refractivity contribution is 5.49. The molecule has 0 saturated heterocycles. The number of phenols is 2. The molecular formula is C10H10O4. The fourth-order valence-electron chi connectivity index (χ4n) is 0.831. The van der Waals surface area contributed by atoms with Gasteiger partial charge >= 0.3 is 0 Å². The molecule has 0 aliphatic rings. The van der Waals surface area contributed by atoms with E-state index in [-0.39, 0.29) is 17.1 Å². The van der Waals surface area contributed by atoms with Crippen LogP contribution in [0, 0.1) is 11.8 Å². The Labute approximate surface area is 81.1 Å². The maximum absolute atomic E-state index is 9.26. The van der Waals surface area contributed by atoms with Crippen molar-refractivity contribution in [2.45, 2.75) is 6.10 Å². The van der Waals surface area contributed by atoms with E-state index in [9.17, 15) is 5.11 Å². The van der Waals surface area contributed by atoms with Crippen molar-refractivity contribution in [1.29, 1.82) is 0 Å². The molecule has 0 saturated carbocycles. The molecule has 0 aliphatic heterocycles. The molecule has 0 heterocycles. The van der Waals surface area contributed by atoms with Crippen LogP contribution in [0.15, 0.2) is 18.2 Å². The van der Waals surface area contributed by atoms with Gasteiger partial charge in [0.15, 0.2) is 0 Å². The Morgan fingerprint density at radius 1 is 1.29 bits per heavy atom. The van der Waals surface area contributed by atoms with Gasteiger partial charge in [-0.2, -0.15) is 0 Å². The smallest absolute Gasteiger partial charge is 0.138 e. The second-order valence-electron chi connectivity index (χ2n) is 2.67. The van der Waals surface area contributed by atoms with Crippen molar-refractivity contribution in [2.24, 2.45) is 0 Å². The summed E-state index contributed by atoms with van der Waals surface area (Å²) in [5.74, 6) is 4.63. The summed E-state index contributed by atoms with van der Waals surface area (Å²) in [5.41, 5.74) is 0.206. The van der Waals surface area contributed by atoms with Crippen LogP contribution in [0.2, 0.25) is 0 Å². The Kier molecular flexibility index (Phi) is 3.35. The summed E-state index contributed by atoms with van der Waals surface area (Å²) in [5, 5.41) is 35.7. The standard InChI is InChI=1S/C10H10O4/c11-6-9(13)2-1-7-5-8(12)3-4-10(7)14/h3-5,9,11-14H,6H2/t9-/m0/s1. The lowest BCUT2D eigenvalue weighted by molar-refractivity contribution is 0.138. The second kappa shape index (κ2) is 4.51. The molecule has 4 nitrogen and oxygen atoms in total. The Balaban J connectivity index is 2.94. The topological polar surface area (TPSA) is 80.9 Å². The zero-order chi connectivity index (χ0) is 10.6. The van der Waals surface area contributed by atoms with E-state index in [4.69, 9.17) is 15.3 Å². The summed E-state index contributed by atoms with van der Waals surface area (Å²) in [4.78, 5) is 0. The van der Waals surface area contributed by atoms with Crippen LogP contribution in [0.3, 0.4) is 0 Å². The normalized spacial score (nSPS) is 11.6. The fraction of sp³-hybridized carbons (Fsp3) is 0.200. The van der Waals surface area contributed by atoms with Gasteiger partial charge in [-0.25, -0.2) is 0 Å². The second-order valence-corrected chi connectivity index (χ2v) is 2.67. The average Bonchev–Trinajstić information content (AvgIpc) is 2.19. The molecule has 1 aromatic carbocycles. The van der Waals surface area contributed by atoms with Crippen molar-refractivity contribution in [2.75, 3.05) is 6.61 Å². The molecule has 0 aliphatic carbocycles. The van der Waals surface area contributed by atoms with Gasteiger partial charge in [-0.3, -0.25) is 0 Å². The van der Waals surface area contributed by atoms with Crippen LogP contribution in [-0.2, 0) is 0 Å². The van der Waals surface area contributed by atoms with Crippen LogP contribution in [0.4, 0.5) is 0 Å². The molecule has 0 amide bonds. The van der Waals surface area contributed by atoms with Crippen LogP contribution in [0.1, 0.15) is 5.56 Å². The Hall–Kier alpha value is -1.70. The highest BCUT2D eigenvalue weighted by atomic mass is 16.3. The minimum absolute atomic E-state index is 0.0226. The number of hydrogen-bond acceptors (Lipinski definition) is 4. The maximum atomic E-state index is 9.26. The summed E-state index contributed by atoms with van der Waals surface area (Å²) in [6, 6.07) is 3.89. The van der Waals surface area contributed by atoms with Gasteiger partial charge < -0.3 is 20.4 Å². The quantitative estimate of drug-likeness (QED) is 0.369. The number of benzene rings is 1. The van der Waals surface area contributed by atoms with E-state index in [0.717, 1.165) is 0 Å². The summed E-state index contributed by atoms with van der Waals surface area (Å²) >= 11 is 0. The molecule has 0 aromatic heterocycles. The number of hydrogen-bond donors (Lipinski definition) is 4. The average molecular weight is 194 g/mol. The zero-order valence-corrected chi connectivity index (χ0v) is 7.31. The van der Waals surface area contributed by atoms with Gasteiger partial charge in [-0.15, -0.1) is 0 Å². The molecule has 4 N–H and O–H groups in total. The lowest BCUT2D eigenvalue weighted by Gasteiger charge is -1.98. The van der Waals surface area contributed by atoms with Gasteiger partial charge in [0.2, 0.25) is 0 Å². The van der Waals surface area contributed by atoms with Crippen LogP contribution in [0.25, 0.3) is 0 Å². The Bertz CT molecular complexity index is 375. The van der Waals surface area contributed by atoms with Gasteiger partial charge in [0.05, 0.1) is 12.2 Å². The van der Waals surface area contributed by atoms with Crippen LogP contribution in [0.5, 0.6) is 11.5 Å². The van der Waals surface area contributed by atoms with E-state index in [1.165, 1.54) is 18.2 Å². The lowest BCUT2D eigenvalue weighted by Crippen LogP contribution is -2.07. The lowest BCUT2D eigenvalue weighted by atomic mass is 10.2. The van der Waals surface area contributed by atoms with Crippen molar-refractivity contribution in [1.82, 2.24) is 0 Å². The first-order valence-electron chi connectivity index (χ1n) is 3.96. The molecule has 0 unspecified atom stereocenters. The molecule has 0 spiro atoms. The number of aliphatic hydroxyl groups is 2. The first-order valence-corrected chi connectivity index (χ1v) is 3.96. The molecule has 0 bridgehead atoms. The van der Waals surface area contributed by atoms with Crippen LogP contribution in [-0.4, -0.2) is 33.1 Å². The minimum Gasteiger partial charge on any atom is -0.508 e. The highest BCUT2D eigenvalue weighted by Gasteiger charge is 1.99. The summed E-state index contributed by atoms with van der Waals surface area (Å²) in [7, 11) is 0. The van der Waals surface area contributed by atoms with Crippen LogP contribution < -0.4 is 0 Å². The molecule has 0 fully saturated rings. The van der Waals surface area contributed by atoms with E-state index in [1.54, 1.807) is 0 Å². The van der Waals surface area contributed by atoms with Gasteiger partial charge in [0.1, 0.15) is 17.6 Å². The highest BCUT2D eigenvalue weighted by Crippen LogP contribution is 2.20. The molecule has 74 valence electrons. The van der Waals surface area contributed by atoms with Crippen molar-refractivity contribution < 1.29 is 20.4 Å². The van der Waals surface area contributed by atoms with Crippen LogP contribution >= 0.6 is 0 Å². The Morgan fingerprint density at radius 3 is 2.64 bits per heavy atom.